The van der Waals surface area contributed by atoms with E-state index in [4.69, 9.17) is 5.73 Å². The zero-order valence-corrected chi connectivity index (χ0v) is 12.0. The SMILES string of the molecule is CNCC1CCN(c2ccc(C(N)=O)c(Br)c2)C1. The summed E-state index contributed by atoms with van der Waals surface area (Å²) in [4.78, 5) is 13.5. The highest BCUT2D eigenvalue weighted by molar-refractivity contribution is 9.10. The summed E-state index contributed by atoms with van der Waals surface area (Å²) in [6, 6.07) is 5.72. The van der Waals surface area contributed by atoms with Crippen LogP contribution in [0.25, 0.3) is 0 Å². The quantitative estimate of drug-likeness (QED) is 0.888. The van der Waals surface area contributed by atoms with Crippen molar-refractivity contribution in [3.63, 3.8) is 0 Å². The Labute approximate surface area is 116 Å². The van der Waals surface area contributed by atoms with Crippen LogP contribution in [0.4, 0.5) is 5.69 Å². The van der Waals surface area contributed by atoms with Gasteiger partial charge >= 0.3 is 0 Å². The molecule has 0 radical (unpaired) electrons. The van der Waals surface area contributed by atoms with Gasteiger partial charge in [0.25, 0.3) is 0 Å². The van der Waals surface area contributed by atoms with Gasteiger partial charge in [-0.25, -0.2) is 0 Å². The first kappa shape index (κ1) is 13.4. The zero-order valence-electron chi connectivity index (χ0n) is 10.4. The van der Waals surface area contributed by atoms with E-state index in [1.54, 1.807) is 6.07 Å². The van der Waals surface area contributed by atoms with Crippen molar-refractivity contribution >= 4 is 27.5 Å². The maximum Gasteiger partial charge on any atom is 0.249 e. The number of halogens is 1. The molecule has 1 aliphatic heterocycles. The number of nitrogens with two attached hydrogens (primary N) is 1. The molecular formula is C13H18BrN3O. The molecule has 0 aliphatic carbocycles. The minimum absolute atomic E-state index is 0.400. The molecule has 18 heavy (non-hydrogen) atoms. The second kappa shape index (κ2) is 5.71. The summed E-state index contributed by atoms with van der Waals surface area (Å²) >= 11 is 3.40. The molecule has 3 N–H and O–H groups in total. The highest BCUT2D eigenvalue weighted by Gasteiger charge is 2.22. The van der Waals surface area contributed by atoms with Crippen molar-refractivity contribution in [1.29, 1.82) is 0 Å². The van der Waals surface area contributed by atoms with Crippen molar-refractivity contribution in [3.8, 4) is 0 Å². The fourth-order valence-corrected chi connectivity index (χ4v) is 2.99. The van der Waals surface area contributed by atoms with Gasteiger partial charge in [0.05, 0.1) is 5.56 Å². The molecule has 2 rings (SSSR count). The summed E-state index contributed by atoms with van der Waals surface area (Å²) < 4.78 is 0.768. The third kappa shape index (κ3) is 2.84. The maximum absolute atomic E-state index is 11.2. The van der Waals surface area contributed by atoms with Gasteiger partial charge in [-0.15, -0.1) is 0 Å². The first-order chi connectivity index (χ1) is 8.61. The second-order valence-corrected chi connectivity index (χ2v) is 5.54. The number of rotatable bonds is 4. The Kier molecular flexibility index (Phi) is 4.24. The molecule has 1 aliphatic rings. The van der Waals surface area contributed by atoms with E-state index in [1.165, 1.54) is 6.42 Å². The minimum Gasteiger partial charge on any atom is -0.371 e. The molecule has 98 valence electrons. The van der Waals surface area contributed by atoms with E-state index >= 15 is 0 Å². The van der Waals surface area contributed by atoms with Crippen LogP contribution in [0.2, 0.25) is 0 Å². The summed E-state index contributed by atoms with van der Waals surface area (Å²) in [5.41, 5.74) is 6.97. The van der Waals surface area contributed by atoms with Gasteiger partial charge in [-0.3, -0.25) is 4.79 Å². The van der Waals surface area contributed by atoms with E-state index in [-0.39, 0.29) is 0 Å². The number of amides is 1. The van der Waals surface area contributed by atoms with E-state index in [0.717, 1.165) is 29.8 Å². The van der Waals surface area contributed by atoms with Gasteiger partial charge < -0.3 is 16.0 Å². The van der Waals surface area contributed by atoms with Crippen LogP contribution in [0.3, 0.4) is 0 Å². The normalized spacial score (nSPS) is 19.2. The first-order valence-electron chi connectivity index (χ1n) is 6.10. The van der Waals surface area contributed by atoms with Crippen LogP contribution < -0.4 is 16.0 Å². The number of carbonyl (C=O) groups is 1. The van der Waals surface area contributed by atoms with Crippen molar-refractivity contribution < 1.29 is 4.79 Å². The van der Waals surface area contributed by atoms with Crippen LogP contribution in [0.15, 0.2) is 22.7 Å². The van der Waals surface area contributed by atoms with E-state index in [0.29, 0.717) is 11.5 Å². The average Bonchev–Trinajstić information content (AvgIpc) is 2.77. The Morgan fingerprint density at radius 3 is 3.00 bits per heavy atom. The monoisotopic (exact) mass is 311 g/mol. The first-order valence-corrected chi connectivity index (χ1v) is 6.90. The number of benzene rings is 1. The molecule has 1 fully saturated rings. The molecule has 0 aromatic heterocycles. The summed E-state index contributed by atoms with van der Waals surface area (Å²) in [6.45, 7) is 3.18. The average molecular weight is 312 g/mol. The minimum atomic E-state index is -0.400. The maximum atomic E-state index is 11.2. The van der Waals surface area contributed by atoms with Crippen molar-refractivity contribution in [1.82, 2.24) is 5.32 Å². The standard InChI is InChI=1S/C13H18BrN3O/c1-16-7-9-4-5-17(8-9)10-2-3-11(13(15)18)12(14)6-10/h2-3,6,9,16H,4-5,7-8H2,1H3,(H2,15,18). The predicted octanol–water partition coefficient (Wildman–Crippen LogP) is 1.59. The number of hydrogen-bond acceptors (Lipinski definition) is 3. The van der Waals surface area contributed by atoms with Gasteiger partial charge in [-0.05, 0) is 60.1 Å². The summed E-state index contributed by atoms with van der Waals surface area (Å²) in [6.07, 6.45) is 1.20. The number of anilines is 1. The Morgan fingerprint density at radius 1 is 1.61 bits per heavy atom. The molecule has 5 heteroatoms. The van der Waals surface area contributed by atoms with Gasteiger partial charge in [0, 0.05) is 23.2 Å². The van der Waals surface area contributed by atoms with Gasteiger partial charge in [-0.2, -0.15) is 0 Å². The smallest absolute Gasteiger partial charge is 0.249 e. The Bertz CT molecular complexity index is 450. The number of carbonyl (C=O) groups excluding carboxylic acids is 1. The van der Waals surface area contributed by atoms with Crippen LogP contribution in [0.1, 0.15) is 16.8 Å². The Hall–Kier alpha value is -1.07. The summed E-state index contributed by atoms with van der Waals surface area (Å²) in [5, 5.41) is 3.22. The van der Waals surface area contributed by atoms with Gasteiger partial charge in [-0.1, -0.05) is 0 Å². The van der Waals surface area contributed by atoms with E-state index in [1.807, 2.05) is 19.2 Å². The van der Waals surface area contributed by atoms with Crippen LogP contribution in [-0.2, 0) is 0 Å². The molecular weight excluding hydrogens is 294 g/mol. The zero-order chi connectivity index (χ0) is 13.1. The lowest BCUT2D eigenvalue weighted by Crippen LogP contribution is -2.24. The molecule has 1 heterocycles. The topological polar surface area (TPSA) is 58.4 Å². The van der Waals surface area contributed by atoms with Crippen LogP contribution >= 0.6 is 15.9 Å². The molecule has 1 unspecified atom stereocenters. The third-order valence-electron chi connectivity index (χ3n) is 3.36. The highest BCUT2D eigenvalue weighted by atomic mass is 79.9. The number of nitrogens with one attached hydrogen (secondary N) is 1. The molecule has 1 saturated heterocycles. The molecule has 1 aromatic rings. The van der Waals surface area contributed by atoms with Crippen molar-refractivity contribution in [2.24, 2.45) is 11.7 Å². The molecule has 0 bridgehead atoms. The van der Waals surface area contributed by atoms with E-state index in [2.05, 4.69) is 26.1 Å². The summed E-state index contributed by atoms with van der Waals surface area (Å²) in [7, 11) is 1.99. The number of hydrogen-bond donors (Lipinski definition) is 2. The van der Waals surface area contributed by atoms with Crippen LogP contribution in [0.5, 0.6) is 0 Å². The molecule has 1 amide bonds. The predicted molar refractivity (Wildman–Crippen MR) is 76.9 cm³/mol. The number of primary amides is 1. The fourth-order valence-electron chi connectivity index (χ4n) is 2.42. The number of nitrogens with zero attached hydrogens (tertiary/aromatic N) is 1. The summed E-state index contributed by atoms with van der Waals surface area (Å²) in [5.74, 6) is 0.299. The lowest BCUT2D eigenvalue weighted by molar-refractivity contribution is 0.0999. The highest BCUT2D eigenvalue weighted by Crippen LogP contribution is 2.28. The molecule has 0 spiro atoms. The largest absolute Gasteiger partial charge is 0.371 e. The molecule has 0 saturated carbocycles. The van der Waals surface area contributed by atoms with Gasteiger partial charge in [0.15, 0.2) is 0 Å². The van der Waals surface area contributed by atoms with Gasteiger partial charge in [0.1, 0.15) is 0 Å². The lowest BCUT2D eigenvalue weighted by Gasteiger charge is -2.19. The van der Waals surface area contributed by atoms with Gasteiger partial charge in [0.2, 0.25) is 5.91 Å². The van der Waals surface area contributed by atoms with Crippen molar-refractivity contribution in [2.45, 2.75) is 6.42 Å². The second-order valence-electron chi connectivity index (χ2n) is 4.69. The third-order valence-corrected chi connectivity index (χ3v) is 4.02. The Balaban J connectivity index is 2.11. The molecule has 1 aromatic carbocycles. The van der Waals surface area contributed by atoms with E-state index in [9.17, 15) is 4.79 Å². The molecule has 1 atom stereocenters. The molecule has 4 nitrogen and oxygen atoms in total. The van der Waals surface area contributed by atoms with Crippen molar-refractivity contribution in [2.75, 3.05) is 31.6 Å². The lowest BCUT2D eigenvalue weighted by atomic mass is 10.1. The van der Waals surface area contributed by atoms with Crippen LogP contribution in [-0.4, -0.2) is 32.6 Å². The van der Waals surface area contributed by atoms with Crippen molar-refractivity contribution in [3.05, 3.63) is 28.2 Å². The van der Waals surface area contributed by atoms with E-state index < -0.39 is 5.91 Å². The Morgan fingerprint density at radius 2 is 2.39 bits per heavy atom. The van der Waals surface area contributed by atoms with Crippen LogP contribution in [0, 0.1) is 5.92 Å². The fraction of sp³-hybridized carbons (Fsp3) is 0.462.